The van der Waals surface area contributed by atoms with Crippen LogP contribution in [0.25, 0.3) is 11.3 Å². The second-order valence-electron chi connectivity index (χ2n) is 9.02. The highest BCUT2D eigenvalue weighted by Gasteiger charge is 2.32. The van der Waals surface area contributed by atoms with E-state index in [1.54, 1.807) is 4.90 Å². The standard InChI is InChI=1S/C27H34ClFN4O2/c1-19(2)26(33(25(34)18-35-3)13-12-23(30)15-29)27-31-24(21-10-7-11-22(28)14-21)17-32(27)16-20-8-5-4-6-9-20/h4-11,14,17,19,23,26H,12-13,15-16,18,30H2,1-3H3/t23-,26+/m0/s1. The molecule has 2 aromatic carbocycles. The first-order valence-electron chi connectivity index (χ1n) is 11.8. The molecule has 0 aliphatic heterocycles. The SMILES string of the molecule is COCC(=O)N(CC[C@H](N)CF)[C@@H](c1nc(-c2cccc(Cl)c2)cn1Cc1ccccc1)C(C)C. The van der Waals surface area contributed by atoms with Gasteiger partial charge in [-0.1, -0.05) is 67.9 Å². The summed E-state index contributed by atoms with van der Waals surface area (Å²) in [6.07, 6.45) is 2.34. The van der Waals surface area contributed by atoms with Crippen LogP contribution in [-0.2, 0) is 16.1 Å². The molecule has 0 aliphatic rings. The van der Waals surface area contributed by atoms with Crippen molar-refractivity contribution in [2.75, 3.05) is 26.9 Å². The predicted octanol–water partition coefficient (Wildman–Crippen LogP) is 5.11. The van der Waals surface area contributed by atoms with Gasteiger partial charge in [0.2, 0.25) is 5.91 Å². The van der Waals surface area contributed by atoms with Crippen LogP contribution in [0.3, 0.4) is 0 Å². The van der Waals surface area contributed by atoms with E-state index >= 15 is 0 Å². The normalized spacial score (nSPS) is 13.1. The summed E-state index contributed by atoms with van der Waals surface area (Å²) in [6, 6.07) is 16.6. The van der Waals surface area contributed by atoms with E-state index in [0.717, 1.165) is 22.6 Å². The summed E-state index contributed by atoms with van der Waals surface area (Å²) in [4.78, 5) is 19.9. The highest BCUT2D eigenvalue weighted by Crippen LogP contribution is 2.32. The average molecular weight is 501 g/mol. The molecule has 0 aliphatic carbocycles. The number of alkyl halides is 1. The summed E-state index contributed by atoms with van der Waals surface area (Å²) < 4.78 is 20.4. The minimum absolute atomic E-state index is 0.0292. The number of nitrogens with two attached hydrogens (primary N) is 1. The second kappa shape index (κ2) is 12.8. The fourth-order valence-electron chi connectivity index (χ4n) is 4.16. The molecule has 6 nitrogen and oxygen atoms in total. The zero-order valence-corrected chi connectivity index (χ0v) is 21.3. The molecule has 2 N–H and O–H groups in total. The lowest BCUT2D eigenvalue weighted by Gasteiger charge is -2.35. The largest absolute Gasteiger partial charge is 0.375 e. The monoisotopic (exact) mass is 500 g/mol. The van der Waals surface area contributed by atoms with E-state index in [2.05, 4.69) is 16.7 Å². The average Bonchev–Trinajstić information content (AvgIpc) is 3.25. The Morgan fingerprint density at radius 3 is 2.57 bits per heavy atom. The molecular weight excluding hydrogens is 467 g/mol. The van der Waals surface area contributed by atoms with E-state index in [9.17, 15) is 9.18 Å². The summed E-state index contributed by atoms with van der Waals surface area (Å²) in [5.41, 5.74) is 8.63. The summed E-state index contributed by atoms with van der Waals surface area (Å²) in [6.45, 7) is 4.28. The first kappa shape index (κ1) is 26.9. The van der Waals surface area contributed by atoms with Crippen LogP contribution in [0.5, 0.6) is 0 Å². The smallest absolute Gasteiger partial charge is 0.249 e. The molecule has 1 amide bonds. The maximum Gasteiger partial charge on any atom is 0.249 e. The number of aromatic nitrogens is 2. The van der Waals surface area contributed by atoms with Gasteiger partial charge in [0.05, 0.1) is 11.7 Å². The van der Waals surface area contributed by atoms with Gasteiger partial charge in [-0.3, -0.25) is 4.79 Å². The van der Waals surface area contributed by atoms with Gasteiger partial charge in [0, 0.05) is 43.0 Å². The third-order valence-electron chi connectivity index (χ3n) is 5.88. The minimum atomic E-state index is -0.639. The van der Waals surface area contributed by atoms with Crippen molar-refractivity contribution in [1.29, 1.82) is 0 Å². The highest BCUT2D eigenvalue weighted by atomic mass is 35.5. The van der Waals surface area contributed by atoms with Gasteiger partial charge in [-0.25, -0.2) is 9.37 Å². The first-order valence-corrected chi connectivity index (χ1v) is 12.2. The Kier molecular flexibility index (Phi) is 9.83. The quantitative estimate of drug-likeness (QED) is 0.375. The number of nitrogens with zero attached hydrogens (tertiary/aromatic N) is 3. The number of carbonyl (C=O) groups excluding carboxylic acids is 1. The number of carbonyl (C=O) groups is 1. The van der Waals surface area contributed by atoms with Crippen LogP contribution < -0.4 is 5.73 Å². The van der Waals surface area contributed by atoms with Crippen LogP contribution in [0.15, 0.2) is 60.8 Å². The Morgan fingerprint density at radius 1 is 1.20 bits per heavy atom. The third-order valence-corrected chi connectivity index (χ3v) is 6.12. The molecule has 35 heavy (non-hydrogen) atoms. The number of ether oxygens (including phenoxy) is 1. The van der Waals surface area contributed by atoms with Gasteiger partial charge in [0.25, 0.3) is 0 Å². The second-order valence-corrected chi connectivity index (χ2v) is 9.46. The van der Waals surface area contributed by atoms with Gasteiger partial charge in [-0.05, 0) is 30.0 Å². The lowest BCUT2D eigenvalue weighted by Crippen LogP contribution is -2.43. The van der Waals surface area contributed by atoms with E-state index in [1.165, 1.54) is 7.11 Å². The maximum absolute atomic E-state index is 13.2. The Bertz CT molecular complexity index is 1090. The number of hydrogen-bond acceptors (Lipinski definition) is 4. The first-order chi connectivity index (χ1) is 16.8. The van der Waals surface area contributed by atoms with Crippen LogP contribution in [0.4, 0.5) is 4.39 Å². The van der Waals surface area contributed by atoms with Crippen molar-refractivity contribution in [2.45, 2.75) is 38.9 Å². The van der Waals surface area contributed by atoms with Crippen LogP contribution in [0.1, 0.15) is 37.7 Å². The van der Waals surface area contributed by atoms with Crippen molar-refractivity contribution in [3.05, 3.63) is 77.2 Å². The van der Waals surface area contributed by atoms with Crippen LogP contribution in [0.2, 0.25) is 5.02 Å². The summed E-state index contributed by atoms with van der Waals surface area (Å²) in [5.74, 6) is 0.592. The number of hydrogen-bond donors (Lipinski definition) is 1. The molecule has 0 spiro atoms. The number of rotatable bonds is 12. The van der Waals surface area contributed by atoms with Crippen molar-refractivity contribution >= 4 is 17.5 Å². The number of methoxy groups -OCH3 is 1. The number of benzene rings is 2. The van der Waals surface area contributed by atoms with Gasteiger partial charge in [0.1, 0.15) is 19.1 Å². The molecule has 2 atom stereocenters. The van der Waals surface area contributed by atoms with Crippen molar-refractivity contribution in [3.8, 4) is 11.3 Å². The van der Waals surface area contributed by atoms with Gasteiger partial charge < -0.3 is 19.9 Å². The van der Waals surface area contributed by atoms with Crippen LogP contribution in [-0.4, -0.2) is 53.3 Å². The minimum Gasteiger partial charge on any atom is -0.375 e. The van der Waals surface area contributed by atoms with Gasteiger partial charge in [-0.2, -0.15) is 0 Å². The summed E-state index contributed by atoms with van der Waals surface area (Å²) in [5, 5.41) is 0.624. The Morgan fingerprint density at radius 2 is 1.94 bits per heavy atom. The summed E-state index contributed by atoms with van der Waals surface area (Å²) in [7, 11) is 1.49. The molecule has 0 unspecified atom stereocenters. The predicted molar refractivity (Wildman–Crippen MR) is 138 cm³/mol. The van der Waals surface area contributed by atoms with E-state index in [1.807, 2.05) is 62.5 Å². The van der Waals surface area contributed by atoms with Crippen LogP contribution >= 0.6 is 11.6 Å². The fraction of sp³-hybridized carbons (Fsp3) is 0.407. The number of imidazole rings is 1. The van der Waals surface area contributed by atoms with Gasteiger partial charge in [-0.15, -0.1) is 0 Å². The fourth-order valence-corrected chi connectivity index (χ4v) is 4.35. The molecule has 3 rings (SSSR count). The number of amides is 1. The van der Waals surface area contributed by atoms with Crippen molar-refractivity contribution < 1.29 is 13.9 Å². The van der Waals surface area contributed by atoms with Crippen molar-refractivity contribution in [3.63, 3.8) is 0 Å². The lowest BCUT2D eigenvalue weighted by atomic mass is 10.00. The molecule has 1 heterocycles. The summed E-state index contributed by atoms with van der Waals surface area (Å²) >= 11 is 6.25. The Balaban J connectivity index is 2.10. The highest BCUT2D eigenvalue weighted by molar-refractivity contribution is 6.30. The molecule has 188 valence electrons. The number of halogens is 2. The lowest BCUT2D eigenvalue weighted by molar-refractivity contribution is -0.139. The molecule has 1 aromatic heterocycles. The van der Waals surface area contributed by atoms with E-state index < -0.39 is 12.7 Å². The third kappa shape index (κ3) is 7.13. The van der Waals surface area contributed by atoms with Gasteiger partial charge in [0.15, 0.2) is 0 Å². The van der Waals surface area contributed by atoms with Gasteiger partial charge >= 0.3 is 0 Å². The molecule has 0 fully saturated rings. The molecule has 8 heteroatoms. The molecule has 0 saturated carbocycles. The Hall–Kier alpha value is -2.74. The molecule has 3 aromatic rings. The van der Waals surface area contributed by atoms with Crippen molar-refractivity contribution in [1.82, 2.24) is 14.5 Å². The maximum atomic E-state index is 13.2. The topological polar surface area (TPSA) is 73.4 Å². The van der Waals surface area contributed by atoms with Crippen LogP contribution in [0, 0.1) is 5.92 Å². The van der Waals surface area contributed by atoms with Crippen molar-refractivity contribution in [2.24, 2.45) is 11.7 Å². The zero-order chi connectivity index (χ0) is 25.4. The molecular formula is C27H34ClFN4O2. The van der Waals surface area contributed by atoms with E-state index in [4.69, 9.17) is 27.1 Å². The van der Waals surface area contributed by atoms with E-state index in [-0.39, 0.29) is 24.5 Å². The van der Waals surface area contributed by atoms with E-state index in [0.29, 0.717) is 24.5 Å². The molecule has 0 saturated heterocycles. The zero-order valence-electron chi connectivity index (χ0n) is 20.5. The Labute approximate surface area is 211 Å². The molecule has 0 bridgehead atoms. The molecule has 0 radical (unpaired) electrons.